The Kier molecular flexibility index (Phi) is 3.98. The SMILES string of the molecule is Cc1cc(C(=O)N2CCC[C@]23CC(C)(C)O[C@H]3CC(N)=O)c(C)[nH]1. The van der Waals surface area contributed by atoms with Crippen LogP contribution in [0.1, 0.15) is 61.3 Å². The van der Waals surface area contributed by atoms with E-state index < -0.39 is 5.54 Å². The first-order valence-corrected chi connectivity index (χ1v) is 8.59. The van der Waals surface area contributed by atoms with Gasteiger partial charge in [-0.1, -0.05) is 0 Å². The van der Waals surface area contributed by atoms with Crippen molar-refractivity contribution < 1.29 is 14.3 Å². The molecule has 2 atom stereocenters. The Hall–Kier alpha value is -1.82. The number of nitrogens with one attached hydrogen (secondary N) is 1. The van der Waals surface area contributed by atoms with Gasteiger partial charge in [-0.15, -0.1) is 0 Å². The molecular formula is C18H27N3O3. The maximum Gasteiger partial charge on any atom is 0.256 e. The monoisotopic (exact) mass is 333 g/mol. The van der Waals surface area contributed by atoms with Gasteiger partial charge >= 0.3 is 0 Å². The molecule has 2 fully saturated rings. The number of carbonyl (C=O) groups excluding carboxylic acids is 2. The van der Waals surface area contributed by atoms with Crippen LogP contribution in [-0.4, -0.2) is 45.5 Å². The van der Waals surface area contributed by atoms with Gasteiger partial charge in [-0.25, -0.2) is 0 Å². The Balaban J connectivity index is 1.97. The number of aryl methyl sites for hydroxylation is 2. The van der Waals surface area contributed by atoms with E-state index in [1.165, 1.54) is 0 Å². The minimum Gasteiger partial charge on any atom is -0.370 e. The number of aromatic amines is 1. The highest BCUT2D eigenvalue weighted by Gasteiger charge is 2.58. The lowest BCUT2D eigenvalue weighted by molar-refractivity contribution is -0.123. The molecule has 1 aromatic rings. The zero-order chi connectivity index (χ0) is 17.7. The molecule has 6 heteroatoms. The van der Waals surface area contributed by atoms with Crippen molar-refractivity contribution in [2.45, 2.75) is 70.6 Å². The molecule has 6 nitrogen and oxygen atoms in total. The van der Waals surface area contributed by atoms with Crippen molar-refractivity contribution in [3.8, 4) is 0 Å². The average molecular weight is 333 g/mol. The Bertz CT molecular complexity index is 679. The summed E-state index contributed by atoms with van der Waals surface area (Å²) < 4.78 is 6.15. The molecule has 0 aromatic carbocycles. The Labute approximate surface area is 142 Å². The van der Waals surface area contributed by atoms with Crippen molar-refractivity contribution in [3.05, 3.63) is 23.0 Å². The number of hydrogen-bond acceptors (Lipinski definition) is 3. The van der Waals surface area contributed by atoms with Crippen LogP contribution in [-0.2, 0) is 9.53 Å². The van der Waals surface area contributed by atoms with E-state index in [-0.39, 0.29) is 29.9 Å². The molecule has 2 aliphatic heterocycles. The normalized spacial score (nSPS) is 28.7. The fourth-order valence-corrected chi connectivity index (χ4v) is 4.62. The molecule has 0 bridgehead atoms. The third-order valence-electron chi connectivity index (χ3n) is 5.33. The van der Waals surface area contributed by atoms with Crippen LogP contribution in [0.25, 0.3) is 0 Å². The lowest BCUT2D eigenvalue weighted by Crippen LogP contribution is -2.53. The van der Waals surface area contributed by atoms with Crippen molar-refractivity contribution in [1.29, 1.82) is 0 Å². The van der Waals surface area contributed by atoms with Crippen LogP contribution in [0.5, 0.6) is 0 Å². The van der Waals surface area contributed by atoms with Gasteiger partial charge in [-0.2, -0.15) is 0 Å². The molecule has 132 valence electrons. The quantitative estimate of drug-likeness (QED) is 0.887. The van der Waals surface area contributed by atoms with Gasteiger partial charge in [-0.3, -0.25) is 9.59 Å². The van der Waals surface area contributed by atoms with E-state index in [0.717, 1.165) is 30.7 Å². The molecule has 2 amide bonds. The Morgan fingerprint density at radius 1 is 1.42 bits per heavy atom. The number of primary amides is 1. The first-order chi connectivity index (χ1) is 11.1. The number of nitrogens with two attached hydrogens (primary N) is 1. The Morgan fingerprint density at radius 3 is 2.71 bits per heavy atom. The standard InChI is InChI=1S/C18H27N3O3/c1-11-8-13(12(2)20-11)16(23)21-7-5-6-18(21)10-17(3,4)24-14(18)9-15(19)22/h8,14,20H,5-7,9-10H2,1-4H3,(H2,19,22)/t14-,18+/m0/s1. The van der Waals surface area contributed by atoms with Crippen molar-refractivity contribution in [2.24, 2.45) is 5.73 Å². The van der Waals surface area contributed by atoms with Gasteiger partial charge in [-0.05, 0) is 46.6 Å². The van der Waals surface area contributed by atoms with Gasteiger partial charge in [0.05, 0.1) is 29.2 Å². The summed E-state index contributed by atoms with van der Waals surface area (Å²) in [6, 6.07) is 1.90. The summed E-state index contributed by atoms with van der Waals surface area (Å²) >= 11 is 0. The minimum absolute atomic E-state index is 0.0186. The number of carbonyl (C=O) groups is 2. The second-order valence-electron chi connectivity index (χ2n) is 7.87. The van der Waals surface area contributed by atoms with Crippen LogP contribution in [0, 0.1) is 13.8 Å². The molecule has 1 aromatic heterocycles. The maximum atomic E-state index is 13.2. The number of amides is 2. The molecule has 2 aliphatic rings. The summed E-state index contributed by atoms with van der Waals surface area (Å²) in [6.07, 6.45) is 2.31. The molecule has 3 N–H and O–H groups in total. The third-order valence-corrected chi connectivity index (χ3v) is 5.33. The van der Waals surface area contributed by atoms with Crippen LogP contribution in [0.15, 0.2) is 6.07 Å². The van der Waals surface area contributed by atoms with Gasteiger partial charge in [0.1, 0.15) is 0 Å². The molecule has 1 spiro atoms. The molecule has 0 unspecified atom stereocenters. The zero-order valence-corrected chi connectivity index (χ0v) is 14.9. The predicted molar refractivity (Wildman–Crippen MR) is 90.6 cm³/mol. The smallest absolute Gasteiger partial charge is 0.256 e. The highest BCUT2D eigenvalue weighted by molar-refractivity contribution is 5.96. The van der Waals surface area contributed by atoms with Crippen LogP contribution in [0.2, 0.25) is 0 Å². The van der Waals surface area contributed by atoms with Gasteiger partial charge in [0.25, 0.3) is 5.91 Å². The highest BCUT2D eigenvalue weighted by atomic mass is 16.5. The van der Waals surface area contributed by atoms with Crippen molar-refractivity contribution >= 4 is 11.8 Å². The lowest BCUT2D eigenvalue weighted by atomic mass is 9.82. The molecular weight excluding hydrogens is 306 g/mol. The number of H-pyrrole nitrogens is 1. The number of aromatic nitrogens is 1. The molecule has 24 heavy (non-hydrogen) atoms. The predicted octanol–water partition coefficient (Wildman–Crippen LogP) is 2.05. The third kappa shape index (κ3) is 2.73. The number of nitrogens with zero attached hydrogens (tertiary/aromatic N) is 1. The number of likely N-dealkylation sites (tertiary alicyclic amines) is 1. The van der Waals surface area contributed by atoms with E-state index in [1.54, 1.807) is 0 Å². The van der Waals surface area contributed by atoms with Crippen LogP contribution in [0.3, 0.4) is 0 Å². The topological polar surface area (TPSA) is 88.4 Å². The molecule has 0 saturated carbocycles. The summed E-state index contributed by atoms with van der Waals surface area (Å²) in [5.41, 5.74) is 7.20. The molecule has 0 aliphatic carbocycles. The molecule has 3 heterocycles. The molecule has 3 rings (SSSR count). The number of rotatable bonds is 3. The van der Waals surface area contributed by atoms with Gasteiger partial charge in [0.2, 0.25) is 5.91 Å². The molecule has 0 radical (unpaired) electrons. The van der Waals surface area contributed by atoms with Crippen LogP contribution < -0.4 is 5.73 Å². The van der Waals surface area contributed by atoms with E-state index in [0.29, 0.717) is 12.1 Å². The summed E-state index contributed by atoms with van der Waals surface area (Å²) in [6.45, 7) is 8.59. The van der Waals surface area contributed by atoms with Crippen molar-refractivity contribution in [1.82, 2.24) is 9.88 Å². The zero-order valence-electron chi connectivity index (χ0n) is 14.9. The summed E-state index contributed by atoms with van der Waals surface area (Å²) in [5.74, 6) is -0.366. The fourth-order valence-electron chi connectivity index (χ4n) is 4.62. The second-order valence-corrected chi connectivity index (χ2v) is 7.87. The highest BCUT2D eigenvalue weighted by Crippen LogP contribution is 2.49. The number of ether oxygens (including phenoxy) is 1. The van der Waals surface area contributed by atoms with Crippen molar-refractivity contribution in [3.63, 3.8) is 0 Å². The largest absolute Gasteiger partial charge is 0.370 e. The number of hydrogen-bond donors (Lipinski definition) is 2. The van der Waals surface area contributed by atoms with E-state index in [4.69, 9.17) is 10.5 Å². The van der Waals surface area contributed by atoms with Gasteiger partial charge in [0.15, 0.2) is 0 Å². The first kappa shape index (κ1) is 17.0. The fraction of sp³-hybridized carbons (Fsp3) is 0.667. The average Bonchev–Trinajstić information content (AvgIpc) is 3.06. The van der Waals surface area contributed by atoms with Crippen LogP contribution in [0.4, 0.5) is 0 Å². The first-order valence-electron chi connectivity index (χ1n) is 8.59. The maximum absolute atomic E-state index is 13.2. The molecule has 2 saturated heterocycles. The van der Waals surface area contributed by atoms with E-state index in [1.807, 2.05) is 38.7 Å². The summed E-state index contributed by atoms with van der Waals surface area (Å²) in [5, 5.41) is 0. The van der Waals surface area contributed by atoms with E-state index in [2.05, 4.69) is 4.98 Å². The summed E-state index contributed by atoms with van der Waals surface area (Å²) in [7, 11) is 0. The van der Waals surface area contributed by atoms with Gasteiger partial charge in [0, 0.05) is 24.4 Å². The Morgan fingerprint density at radius 2 is 2.12 bits per heavy atom. The van der Waals surface area contributed by atoms with Crippen molar-refractivity contribution in [2.75, 3.05) is 6.54 Å². The van der Waals surface area contributed by atoms with E-state index >= 15 is 0 Å². The second kappa shape index (κ2) is 5.62. The summed E-state index contributed by atoms with van der Waals surface area (Å²) in [4.78, 5) is 29.9. The van der Waals surface area contributed by atoms with E-state index in [9.17, 15) is 9.59 Å². The lowest BCUT2D eigenvalue weighted by Gasteiger charge is -2.38. The minimum atomic E-state index is -0.437. The van der Waals surface area contributed by atoms with Crippen LogP contribution >= 0.6 is 0 Å². The van der Waals surface area contributed by atoms with Gasteiger partial charge < -0.3 is 20.4 Å².